The Labute approximate surface area is 98.0 Å². The molecule has 1 aliphatic rings. The van der Waals surface area contributed by atoms with Crippen molar-refractivity contribution in [3.63, 3.8) is 0 Å². The number of fused-ring (bicyclic) bond motifs is 1. The zero-order chi connectivity index (χ0) is 12.6. The summed E-state index contributed by atoms with van der Waals surface area (Å²) in [5.41, 5.74) is -0.885. The van der Waals surface area contributed by atoms with Gasteiger partial charge in [0, 0.05) is 0 Å². The molecular weight excluding hydrogens is 227 g/mol. The molecule has 0 saturated heterocycles. The average Bonchev–Trinajstić information content (AvgIpc) is 2.60. The first-order valence-corrected chi connectivity index (χ1v) is 5.21. The highest BCUT2D eigenvalue weighted by Crippen LogP contribution is 2.39. The van der Waals surface area contributed by atoms with Crippen LogP contribution in [0.3, 0.4) is 0 Å². The molecular formula is C12H13FO4. The Balaban J connectivity index is 2.51. The number of ether oxygens (including phenoxy) is 2. The van der Waals surface area contributed by atoms with Crippen LogP contribution in [0, 0.1) is 0 Å². The third kappa shape index (κ3) is 2.33. The fourth-order valence-corrected chi connectivity index (χ4v) is 1.85. The number of carboxylic acids is 1. The van der Waals surface area contributed by atoms with E-state index in [1.54, 1.807) is 0 Å². The van der Waals surface area contributed by atoms with E-state index < -0.39 is 11.6 Å². The third-order valence-corrected chi connectivity index (χ3v) is 2.58. The molecule has 1 N–H and O–H groups in total. The summed E-state index contributed by atoms with van der Waals surface area (Å²) in [4.78, 5) is 10.8. The minimum atomic E-state index is -1.62. The molecule has 0 aromatic heterocycles. The monoisotopic (exact) mass is 240 g/mol. The lowest BCUT2D eigenvalue weighted by Crippen LogP contribution is -2.14. The van der Waals surface area contributed by atoms with Crippen LogP contribution in [0.4, 0.5) is 4.39 Å². The topological polar surface area (TPSA) is 55.8 Å². The second kappa shape index (κ2) is 3.91. The fraction of sp³-hybridized carbons (Fsp3) is 0.417. The largest absolute Gasteiger partial charge is 0.481 e. The van der Waals surface area contributed by atoms with Gasteiger partial charge in [-0.1, -0.05) is 0 Å². The molecule has 2 rings (SSSR count). The van der Waals surface area contributed by atoms with Crippen molar-refractivity contribution in [2.75, 3.05) is 6.79 Å². The highest BCUT2D eigenvalue weighted by Gasteiger charge is 2.27. The smallest absolute Gasteiger partial charge is 0.307 e. The van der Waals surface area contributed by atoms with E-state index in [9.17, 15) is 9.18 Å². The van der Waals surface area contributed by atoms with Gasteiger partial charge in [0.15, 0.2) is 11.5 Å². The number of carboxylic acid groups (broad SMARTS) is 1. The number of carbonyl (C=O) groups is 1. The molecule has 17 heavy (non-hydrogen) atoms. The van der Waals surface area contributed by atoms with Gasteiger partial charge in [0.05, 0.1) is 6.42 Å². The first-order chi connectivity index (χ1) is 7.88. The van der Waals surface area contributed by atoms with Gasteiger partial charge in [0.25, 0.3) is 0 Å². The highest BCUT2D eigenvalue weighted by molar-refractivity contribution is 5.71. The summed E-state index contributed by atoms with van der Waals surface area (Å²) < 4.78 is 24.3. The second-order valence-corrected chi connectivity index (χ2v) is 4.41. The van der Waals surface area contributed by atoms with Gasteiger partial charge in [0.1, 0.15) is 5.67 Å². The van der Waals surface area contributed by atoms with Gasteiger partial charge in [-0.2, -0.15) is 0 Å². The van der Waals surface area contributed by atoms with Crippen LogP contribution >= 0.6 is 0 Å². The lowest BCUT2D eigenvalue weighted by molar-refractivity contribution is -0.136. The Bertz CT molecular complexity index is 462. The van der Waals surface area contributed by atoms with Gasteiger partial charge in [-0.15, -0.1) is 0 Å². The van der Waals surface area contributed by atoms with E-state index in [0.29, 0.717) is 22.6 Å². The van der Waals surface area contributed by atoms with Crippen molar-refractivity contribution in [2.24, 2.45) is 0 Å². The van der Waals surface area contributed by atoms with Crippen LogP contribution in [-0.4, -0.2) is 17.9 Å². The molecule has 0 amide bonds. The zero-order valence-corrected chi connectivity index (χ0v) is 9.62. The van der Waals surface area contributed by atoms with E-state index in [1.807, 2.05) is 0 Å². The number of rotatable bonds is 3. The van der Waals surface area contributed by atoms with E-state index in [4.69, 9.17) is 14.6 Å². The molecule has 1 aromatic rings. The molecule has 1 heterocycles. The number of benzene rings is 1. The number of hydrogen-bond donors (Lipinski definition) is 1. The summed E-state index contributed by atoms with van der Waals surface area (Å²) in [6.45, 7) is 2.85. The van der Waals surface area contributed by atoms with Gasteiger partial charge < -0.3 is 14.6 Å². The van der Waals surface area contributed by atoms with Crippen LogP contribution < -0.4 is 9.47 Å². The van der Waals surface area contributed by atoms with Crippen molar-refractivity contribution in [3.05, 3.63) is 23.3 Å². The SMILES string of the molecule is CC(C)(F)c1cc2c(cc1CC(=O)O)OCO2. The Morgan fingerprint density at radius 1 is 1.41 bits per heavy atom. The van der Waals surface area contributed by atoms with Crippen molar-refractivity contribution in [1.82, 2.24) is 0 Å². The highest BCUT2D eigenvalue weighted by atomic mass is 19.1. The quantitative estimate of drug-likeness (QED) is 0.880. The van der Waals surface area contributed by atoms with Crippen molar-refractivity contribution in [1.29, 1.82) is 0 Å². The minimum absolute atomic E-state index is 0.0814. The first-order valence-electron chi connectivity index (χ1n) is 5.21. The van der Waals surface area contributed by atoms with E-state index >= 15 is 0 Å². The fourth-order valence-electron chi connectivity index (χ4n) is 1.85. The van der Waals surface area contributed by atoms with Gasteiger partial charge in [-0.05, 0) is 37.1 Å². The normalized spacial score (nSPS) is 13.8. The lowest BCUT2D eigenvalue weighted by atomic mass is 9.92. The van der Waals surface area contributed by atoms with Crippen LogP contribution in [0.25, 0.3) is 0 Å². The summed E-state index contributed by atoms with van der Waals surface area (Å²) in [6, 6.07) is 3.05. The molecule has 0 fully saturated rings. The Morgan fingerprint density at radius 3 is 2.53 bits per heavy atom. The maximum absolute atomic E-state index is 14.0. The van der Waals surface area contributed by atoms with Gasteiger partial charge in [-0.25, -0.2) is 4.39 Å². The summed E-state index contributed by atoms with van der Waals surface area (Å²) in [5, 5.41) is 8.81. The van der Waals surface area contributed by atoms with E-state index in [2.05, 4.69) is 0 Å². The maximum atomic E-state index is 14.0. The first kappa shape index (κ1) is 11.7. The Hall–Kier alpha value is -1.78. The van der Waals surface area contributed by atoms with Crippen LogP contribution in [-0.2, 0) is 16.9 Å². The molecule has 0 bridgehead atoms. The number of halogens is 1. The van der Waals surface area contributed by atoms with Crippen molar-refractivity contribution >= 4 is 5.97 Å². The molecule has 0 atom stereocenters. The van der Waals surface area contributed by atoms with Crippen molar-refractivity contribution < 1.29 is 23.8 Å². The molecule has 92 valence electrons. The van der Waals surface area contributed by atoms with Crippen molar-refractivity contribution in [3.8, 4) is 11.5 Å². The van der Waals surface area contributed by atoms with Crippen LogP contribution in [0.5, 0.6) is 11.5 Å². The molecule has 0 unspecified atom stereocenters. The molecule has 4 nitrogen and oxygen atoms in total. The van der Waals surface area contributed by atoms with E-state index in [0.717, 1.165) is 0 Å². The molecule has 1 aromatic carbocycles. The molecule has 1 aliphatic heterocycles. The Morgan fingerprint density at radius 2 is 2.00 bits per heavy atom. The summed E-state index contributed by atoms with van der Waals surface area (Å²) >= 11 is 0. The number of aliphatic carboxylic acids is 1. The summed E-state index contributed by atoms with van der Waals surface area (Å²) in [7, 11) is 0. The lowest BCUT2D eigenvalue weighted by Gasteiger charge is -2.19. The second-order valence-electron chi connectivity index (χ2n) is 4.41. The minimum Gasteiger partial charge on any atom is -0.481 e. The summed E-state index contributed by atoms with van der Waals surface area (Å²) in [5.74, 6) is -0.0801. The molecule has 0 aliphatic carbocycles. The van der Waals surface area contributed by atoms with Crippen LogP contribution in [0.15, 0.2) is 12.1 Å². The van der Waals surface area contributed by atoms with Gasteiger partial charge in [-0.3, -0.25) is 4.79 Å². The van der Waals surface area contributed by atoms with Crippen molar-refractivity contribution in [2.45, 2.75) is 25.9 Å². The Kier molecular flexibility index (Phi) is 2.69. The predicted molar refractivity (Wildman–Crippen MR) is 58.0 cm³/mol. The maximum Gasteiger partial charge on any atom is 0.307 e. The van der Waals surface area contributed by atoms with Gasteiger partial charge in [0.2, 0.25) is 6.79 Å². The van der Waals surface area contributed by atoms with Gasteiger partial charge >= 0.3 is 5.97 Å². The summed E-state index contributed by atoms with van der Waals surface area (Å²) in [6.07, 6.45) is -0.237. The molecule has 0 radical (unpaired) electrons. The third-order valence-electron chi connectivity index (χ3n) is 2.58. The van der Waals surface area contributed by atoms with Crippen LogP contribution in [0.1, 0.15) is 25.0 Å². The molecule has 0 saturated carbocycles. The van der Waals surface area contributed by atoms with E-state index in [-0.39, 0.29) is 13.2 Å². The van der Waals surface area contributed by atoms with Crippen LogP contribution in [0.2, 0.25) is 0 Å². The zero-order valence-electron chi connectivity index (χ0n) is 9.62. The molecule has 5 heteroatoms. The average molecular weight is 240 g/mol. The standard InChI is InChI=1S/C12H13FO4/c1-12(2,13)8-5-10-9(16-6-17-10)3-7(8)4-11(14)15/h3,5H,4,6H2,1-2H3,(H,14,15). The van der Waals surface area contributed by atoms with E-state index in [1.165, 1.54) is 26.0 Å². The number of alkyl halides is 1. The number of hydrogen-bond acceptors (Lipinski definition) is 3. The molecule has 0 spiro atoms. The predicted octanol–water partition coefficient (Wildman–Crippen LogP) is 2.25.